The van der Waals surface area contributed by atoms with Gasteiger partial charge in [0.25, 0.3) is 5.91 Å². The summed E-state index contributed by atoms with van der Waals surface area (Å²) < 4.78 is 0. The van der Waals surface area contributed by atoms with Gasteiger partial charge in [-0.15, -0.1) is 0 Å². The molecule has 24 heavy (non-hydrogen) atoms. The van der Waals surface area contributed by atoms with E-state index in [1.165, 1.54) is 6.07 Å². The first-order chi connectivity index (χ1) is 11.3. The van der Waals surface area contributed by atoms with Crippen LogP contribution in [-0.2, 0) is 4.79 Å². The van der Waals surface area contributed by atoms with E-state index in [-0.39, 0.29) is 18.4 Å². The first-order valence-electron chi connectivity index (χ1n) is 7.57. The molecule has 0 bridgehead atoms. The molecule has 1 amide bonds. The molecule has 1 heterocycles. The minimum Gasteiger partial charge on any atom is -0.507 e. The lowest BCUT2D eigenvalue weighted by atomic mass is 9.94. The summed E-state index contributed by atoms with van der Waals surface area (Å²) >= 11 is 6.03. The third kappa shape index (κ3) is 2.41. The Morgan fingerprint density at radius 2 is 1.83 bits per heavy atom. The summed E-state index contributed by atoms with van der Waals surface area (Å²) in [5.74, 6) is -0.000000713. The fourth-order valence-corrected chi connectivity index (χ4v) is 3.29. The van der Waals surface area contributed by atoms with Gasteiger partial charge in [-0.1, -0.05) is 17.7 Å². The highest BCUT2D eigenvalue weighted by atomic mass is 35.5. The van der Waals surface area contributed by atoms with E-state index in [4.69, 9.17) is 11.6 Å². The van der Waals surface area contributed by atoms with Crippen molar-refractivity contribution in [1.29, 1.82) is 0 Å². The molecule has 0 unspecified atom stereocenters. The van der Waals surface area contributed by atoms with Gasteiger partial charge in [0.2, 0.25) is 0 Å². The Bertz CT molecular complexity index is 820. The van der Waals surface area contributed by atoms with Crippen molar-refractivity contribution in [3.8, 4) is 16.9 Å². The van der Waals surface area contributed by atoms with E-state index in [0.717, 1.165) is 11.3 Å². The molecule has 0 aliphatic carbocycles. The van der Waals surface area contributed by atoms with Gasteiger partial charge in [0, 0.05) is 17.6 Å². The van der Waals surface area contributed by atoms with E-state index in [9.17, 15) is 15.0 Å². The summed E-state index contributed by atoms with van der Waals surface area (Å²) in [6.45, 7) is 3.30. The number of halogens is 1. The van der Waals surface area contributed by atoms with Gasteiger partial charge in [0.1, 0.15) is 18.0 Å². The maximum Gasteiger partial charge on any atom is 0.252 e. The van der Waals surface area contributed by atoms with Crippen molar-refractivity contribution in [2.24, 2.45) is 0 Å². The highest BCUT2D eigenvalue weighted by Crippen LogP contribution is 2.43. The Kier molecular flexibility index (Phi) is 3.94. The fraction of sp³-hybridized carbons (Fsp3) is 0.278. The van der Waals surface area contributed by atoms with Gasteiger partial charge in [-0.3, -0.25) is 4.79 Å². The Labute approximate surface area is 145 Å². The van der Waals surface area contributed by atoms with Crippen molar-refractivity contribution >= 4 is 28.9 Å². The number of aliphatic hydroxyl groups is 1. The lowest BCUT2D eigenvalue weighted by molar-refractivity contribution is -0.123. The average Bonchev–Trinajstić information content (AvgIpc) is 2.55. The third-order valence-electron chi connectivity index (χ3n) is 4.54. The number of nitrogens with zero attached hydrogens (tertiary/aromatic N) is 2. The molecule has 3 rings (SSSR count). The lowest BCUT2D eigenvalue weighted by Gasteiger charge is -2.46. The predicted molar refractivity (Wildman–Crippen MR) is 95.6 cm³/mol. The van der Waals surface area contributed by atoms with Crippen LogP contribution in [0, 0.1) is 0 Å². The zero-order chi connectivity index (χ0) is 17.6. The van der Waals surface area contributed by atoms with Crippen LogP contribution in [0.4, 0.5) is 11.4 Å². The number of aliphatic hydroxyl groups excluding tert-OH is 1. The zero-order valence-electron chi connectivity index (χ0n) is 13.7. The number of aromatic hydroxyl groups is 1. The second kappa shape index (κ2) is 5.69. The van der Waals surface area contributed by atoms with Gasteiger partial charge in [0.05, 0.1) is 11.4 Å². The Hall–Kier alpha value is -2.24. The molecular weight excluding hydrogens is 328 g/mol. The van der Waals surface area contributed by atoms with Crippen LogP contribution in [0.5, 0.6) is 5.75 Å². The van der Waals surface area contributed by atoms with Gasteiger partial charge in [-0.2, -0.15) is 0 Å². The maximum absolute atomic E-state index is 12.7. The largest absolute Gasteiger partial charge is 0.507 e. The topological polar surface area (TPSA) is 64.0 Å². The van der Waals surface area contributed by atoms with E-state index >= 15 is 0 Å². The molecular formula is C18H19ClN2O3. The number of anilines is 2. The number of phenolic OH excluding ortho intramolecular Hbond substituents is 1. The maximum atomic E-state index is 12.7. The molecule has 0 aromatic heterocycles. The lowest BCUT2D eigenvalue weighted by Crippen LogP contribution is -2.59. The molecule has 0 saturated carbocycles. The van der Waals surface area contributed by atoms with Crippen molar-refractivity contribution in [1.82, 2.24) is 0 Å². The van der Waals surface area contributed by atoms with Crippen LogP contribution in [0.1, 0.15) is 13.8 Å². The predicted octanol–water partition coefficient (Wildman–Crippen LogP) is 3.22. The van der Waals surface area contributed by atoms with Crippen LogP contribution < -0.4 is 9.80 Å². The minimum absolute atomic E-state index is 0.114. The summed E-state index contributed by atoms with van der Waals surface area (Å²) in [7, 11) is 1.71. The average molecular weight is 347 g/mol. The smallest absolute Gasteiger partial charge is 0.252 e. The number of likely N-dealkylation sites (N-methyl/N-ethyl adjacent to an activating group) is 1. The number of hydrogen-bond donors (Lipinski definition) is 2. The first-order valence-corrected chi connectivity index (χ1v) is 7.94. The highest BCUT2D eigenvalue weighted by molar-refractivity contribution is 6.31. The summed E-state index contributed by atoms with van der Waals surface area (Å²) in [5, 5.41) is 20.4. The molecule has 6 heteroatoms. The second-order valence-corrected chi connectivity index (χ2v) is 6.79. The van der Waals surface area contributed by atoms with Crippen molar-refractivity contribution in [3.05, 3.63) is 41.4 Å². The molecule has 0 saturated heterocycles. The number of carbonyl (C=O) groups is 1. The van der Waals surface area contributed by atoms with Crippen LogP contribution in [0.2, 0.25) is 5.02 Å². The van der Waals surface area contributed by atoms with E-state index in [1.54, 1.807) is 42.8 Å². The van der Waals surface area contributed by atoms with Crippen molar-refractivity contribution in [3.63, 3.8) is 0 Å². The van der Waals surface area contributed by atoms with E-state index in [0.29, 0.717) is 16.3 Å². The molecule has 0 radical (unpaired) electrons. The molecule has 2 aromatic carbocycles. The van der Waals surface area contributed by atoms with Gasteiger partial charge < -0.3 is 20.0 Å². The molecule has 1 aliphatic heterocycles. The van der Waals surface area contributed by atoms with E-state index < -0.39 is 5.54 Å². The normalized spacial score (nSPS) is 16.3. The molecule has 0 atom stereocenters. The van der Waals surface area contributed by atoms with Gasteiger partial charge in [-0.05, 0) is 49.7 Å². The number of rotatable bonds is 2. The van der Waals surface area contributed by atoms with Crippen LogP contribution in [0.15, 0.2) is 36.4 Å². The number of phenols is 1. The first kappa shape index (κ1) is 16.6. The Morgan fingerprint density at radius 3 is 2.50 bits per heavy atom. The molecule has 5 nitrogen and oxygen atoms in total. The van der Waals surface area contributed by atoms with Crippen molar-refractivity contribution in [2.45, 2.75) is 19.4 Å². The molecule has 2 N–H and O–H groups in total. The van der Waals surface area contributed by atoms with E-state index in [1.807, 2.05) is 18.2 Å². The summed E-state index contributed by atoms with van der Waals surface area (Å²) in [4.78, 5) is 15.9. The van der Waals surface area contributed by atoms with Gasteiger partial charge in [0.15, 0.2) is 0 Å². The molecule has 126 valence electrons. The molecule has 0 spiro atoms. The SMILES string of the molecule is CN1C(=O)C(C)(C)N(CO)c2ccc(-c3cc(Cl)ccc3O)cc21. The molecule has 1 aliphatic rings. The fourth-order valence-electron chi connectivity index (χ4n) is 3.12. The number of carbonyl (C=O) groups excluding carboxylic acids is 1. The summed E-state index contributed by atoms with van der Waals surface area (Å²) in [6, 6.07) is 10.3. The summed E-state index contributed by atoms with van der Waals surface area (Å²) in [6.07, 6.45) is 0. The quantitative estimate of drug-likeness (QED) is 0.876. The number of benzene rings is 2. The van der Waals surface area contributed by atoms with Crippen LogP contribution in [0.25, 0.3) is 11.1 Å². The van der Waals surface area contributed by atoms with Crippen LogP contribution in [0.3, 0.4) is 0 Å². The van der Waals surface area contributed by atoms with E-state index in [2.05, 4.69) is 0 Å². The summed E-state index contributed by atoms with van der Waals surface area (Å²) in [5.41, 5.74) is 1.92. The van der Waals surface area contributed by atoms with Crippen molar-refractivity contribution < 1.29 is 15.0 Å². The number of amides is 1. The standard InChI is InChI=1S/C18H19ClN2O3/c1-18(2)17(24)20(3)15-8-11(4-6-14(15)21(18)10-22)13-9-12(19)5-7-16(13)23/h4-9,22-23H,10H2,1-3H3. The number of hydrogen-bond acceptors (Lipinski definition) is 4. The second-order valence-electron chi connectivity index (χ2n) is 6.36. The highest BCUT2D eigenvalue weighted by Gasteiger charge is 2.42. The van der Waals surface area contributed by atoms with Crippen LogP contribution >= 0.6 is 11.6 Å². The zero-order valence-corrected chi connectivity index (χ0v) is 14.5. The van der Waals surface area contributed by atoms with Crippen molar-refractivity contribution in [2.75, 3.05) is 23.6 Å². The molecule has 0 fully saturated rings. The number of fused-ring (bicyclic) bond motifs is 1. The Morgan fingerprint density at radius 1 is 1.12 bits per heavy atom. The third-order valence-corrected chi connectivity index (χ3v) is 4.78. The Balaban J connectivity index is 2.18. The monoisotopic (exact) mass is 346 g/mol. The van der Waals surface area contributed by atoms with Gasteiger partial charge >= 0.3 is 0 Å². The van der Waals surface area contributed by atoms with Crippen LogP contribution in [-0.4, -0.2) is 35.4 Å². The van der Waals surface area contributed by atoms with Gasteiger partial charge in [-0.25, -0.2) is 0 Å². The molecule has 2 aromatic rings. The minimum atomic E-state index is -0.837.